The Labute approximate surface area is 119 Å². The van der Waals surface area contributed by atoms with Gasteiger partial charge < -0.3 is 10.1 Å². The molecule has 0 spiro atoms. The molecular formula is C16H22N2O2. The Hall–Kier alpha value is -1.81. The van der Waals surface area contributed by atoms with Crippen LogP contribution in [-0.2, 0) is 11.3 Å². The number of aromatic nitrogens is 1. The van der Waals surface area contributed by atoms with E-state index in [0.717, 1.165) is 17.6 Å². The van der Waals surface area contributed by atoms with E-state index in [-0.39, 0.29) is 12.6 Å². The zero-order chi connectivity index (χ0) is 14.7. The van der Waals surface area contributed by atoms with Gasteiger partial charge in [-0.3, -0.25) is 9.69 Å². The van der Waals surface area contributed by atoms with E-state index in [2.05, 4.69) is 31.0 Å². The van der Waals surface area contributed by atoms with Gasteiger partial charge in [0.1, 0.15) is 0 Å². The first-order chi connectivity index (χ1) is 9.52. The molecule has 0 saturated carbocycles. The molecule has 0 aliphatic heterocycles. The van der Waals surface area contributed by atoms with Gasteiger partial charge in [-0.2, -0.15) is 0 Å². The Balaban J connectivity index is 2.32. The molecular weight excluding hydrogens is 252 g/mol. The minimum atomic E-state index is -0.775. The first kappa shape index (κ1) is 14.6. The summed E-state index contributed by atoms with van der Waals surface area (Å²) in [5, 5.41) is 10.3. The van der Waals surface area contributed by atoms with Crippen molar-refractivity contribution < 1.29 is 9.90 Å². The molecule has 2 N–H and O–H groups in total. The van der Waals surface area contributed by atoms with Gasteiger partial charge in [0.25, 0.3) is 0 Å². The Kier molecular flexibility index (Phi) is 4.45. The van der Waals surface area contributed by atoms with Crippen LogP contribution < -0.4 is 0 Å². The van der Waals surface area contributed by atoms with E-state index in [1.54, 1.807) is 0 Å². The van der Waals surface area contributed by atoms with E-state index in [9.17, 15) is 4.79 Å². The van der Waals surface area contributed by atoms with Crippen molar-refractivity contribution in [3.8, 4) is 0 Å². The number of hydrogen-bond donors (Lipinski definition) is 2. The molecule has 0 bridgehead atoms. The Morgan fingerprint density at radius 1 is 1.40 bits per heavy atom. The Morgan fingerprint density at radius 3 is 2.75 bits per heavy atom. The van der Waals surface area contributed by atoms with Gasteiger partial charge in [0.05, 0.1) is 6.54 Å². The van der Waals surface area contributed by atoms with Crippen LogP contribution in [-0.4, -0.2) is 33.5 Å². The van der Waals surface area contributed by atoms with Crippen molar-refractivity contribution in [2.45, 2.75) is 39.8 Å². The molecule has 0 amide bonds. The summed E-state index contributed by atoms with van der Waals surface area (Å²) in [6.45, 7) is 6.95. The van der Waals surface area contributed by atoms with Crippen LogP contribution in [0, 0.1) is 6.92 Å². The molecule has 2 rings (SSSR count). The van der Waals surface area contributed by atoms with Crippen molar-refractivity contribution in [2.75, 3.05) is 6.54 Å². The van der Waals surface area contributed by atoms with E-state index in [0.29, 0.717) is 6.54 Å². The number of fused-ring (bicyclic) bond motifs is 1. The summed E-state index contributed by atoms with van der Waals surface area (Å²) in [7, 11) is 0. The van der Waals surface area contributed by atoms with Gasteiger partial charge in [-0.25, -0.2) is 0 Å². The lowest BCUT2D eigenvalue weighted by molar-refractivity contribution is -0.139. The zero-order valence-corrected chi connectivity index (χ0v) is 12.3. The number of nitrogens with one attached hydrogen (secondary N) is 1. The normalized spacial score (nSPS) is 13.0. The number of H-pyrrole nitrogens is 1. The summed E-state index contributed by atoms with van der Waals surface area (Å²) < 4.78 is 0. The highest BCUT2D eigenvalue weighted by atomic mass is 16.4. The third kappa shape index (κ3) is 3.02. The van der Waals surface area contributed by atoms with Crippen molar-refractivity contribution in [2.24, 2.45) is 0 Å². The molecule has 2 aromatic rings. The third-order valence-electron chi connectivity index (χ3n) is 3.94. The molecule has 1 heterocycles. The van der Waals surface area contributed by atoms with Crippen molar-refractivity contribution in [3.63, 3.8) is 0 Å². The second kappa shape index (κ2) is 6.09. The minimum Gasteiger partial charge on any atom is -0.480 e. The average molecular weight is 274 g/mol. The van der Waals surface area contributed by atoms with Crippen molar-refractivity contribution in [1.29, 1.82) is 0 Å². The smallest absolute Gasteiger partial charge is 0.317 e. The van der Waals surface area contributed by atoms with Crippen LogP contribution in [0.3, 0.4) is 0 Å². The molecule has 1 aromatic carbocycles. The molecule has 1 unspecified atom stereocenters. The maximum atomic E-state index is 11.1. The number of nitrogens with zero attached hydrogens (tertiary/aromatic N) is 1. The molecule has 108 valence electrons. The second-order valence-corrected chi connectivity index (χ2v) is 5.33. The summed E-state index contributed by atoms with van der Waals surface area (Å²) in [4.78, 5) is 16.4. The van der Waals surface area contributed by atoms with Crippen LogP contribution >= 0.6 is 0 Å². The number of aliphatic carboxylic acids is 1. The van der Waals surface area contributed by atoms with Gasteiger partial charge in [-0.15, -0.1) is 0 Å². The fourth-order valence-corrected chi connectivity index (χ4v) is 2.54. The van der Waals surface area contributed by atoms with Crippen molar-refractivity contribution in [3.05, 3.63) is 35.5 Å². The van der Waals surface area contributed by atoms with Crippen LogP contribution in [0.15, 0.2) is 24.3 Å². The molecule has 0 radical (unpaired) electrons. The Bertz CT molecular complexity index is 604. The lowest BCUT2D eigenvalue weighted by Gasteiger charge is -2.26. The summed E-state index contributed by atoms with van der Waals surface area (Å²) >= 11 is 0. The van der Waals surface area contributed by atoms with Gasteiger partial charge in [0.15, 0.2) is 0 Å². The molecule has 0 fully saturated rings. The van der Waals surface area contributed by atoms with E-state index in [1.807, 2.05) is 24.0 Å². The van der Waals surface area contributed by atoms with Crippen LogP contribution in [0.2, 0.25) is 0 Å². The Morgan fingerprint density at radius 2 is 2.10 bits per heavy atom. The van der Waals surface area contributed by atoms with Gasteiger partial charge in [-0.05, 0) is 31.9 Å². The number of carboxylic acids is 1. The number of carboxylic acid groups (broad SMARTS) is 1. The van der Waals surface area contributed by atoms with Crippen LogP contribution in [0.25, 0.3) is 10.9 Å². The standard InChI is InChI=1S/C16H22N2O2/c1-4-11(2)18(10-16(19)20)9-14-12(3)17-15-8-6-5-7-13(14)15/h5-8,11,17H,4,9-10H2,1-3H3,(H,19,20). The predicted octanol–water partition coefficient (Wildman–Crippen LogP) is 3.16. The number of hydrogen-bond acceptors (Lipinski definition) is 2. The first-order valence-corrected chi connectivity index (χ1v) is 7.05. The SMILES string of the molecule is CCC(C)N(CC(=O)O)Cc1c(C)[nH]c2ccccc12. The topological polar surface area (TPSA) is 56.3 Å². The lowest BCUT2D eigenvalue weighted by Crippen LogP contribution is -2.36. The van der Waals surface area contributed by atoms with Gasteiger partial charge in [0.2, 0.25) is 0 Å². The summed E-state index contributed by atoms with van der Waals surface area (Å²) in [5.74, 6) is -0.775. The molecule has 0 aliphatic rings. The molecule has 1 aromatic heterocycles. The number of aryl methyl sites for hydroxylation is 1. The molecule has 20 heavy (non-hydrogen) atoms. The van der Waals surface area contributed by atoms with Crippen molar-refractivity contribution in [1.82, 2.24) is 9.88 Å². The van der Waals surface area contributed by atoms with Crippen molar-refractivity contribution >= 4 is 16.9 Å². The van der Waals surface area contributed by atoms with E-state index < -0.39 is 5.97 Å². The second-order valence-electron chi connectivity index (χ2n) is 5.33. The van der Waals surface area contributed by atoms with Crippen LogP contribution in [0.5, 0.6) is 0 Å². The first-order valence-electron chi connectivity index (χ1n) is 7.05. The summed E-state index contributed by atoms with van der Waals surface area (Å²) in [6.07, 6.45) is 0.939. The molecule has 1 atom stereocenters. The molecule has 4 heteroatoms. The highest BCUT2D eigenvalue weighted by Gasteiger charge is 2.18. The predicted molar refractivity (Wildman–Crippen MR) is 80.8 cm³/mol. The minimum absolute atomic E-state index is 0.0773. The number of para-hydroxylation sites is 1. The summed E-state index contributed by atoms with van der Waals surface area (Å²) in [6, 6.07) is 8.41. The number of rotatable bonds is 6. The highest BCUT2D eigenvalue weighted by molar-refractivity contribution is 5.84. The van der Waals surface area contributed by atoms with E-state index in [4.69, 9.17) is 5.11 Å². The molecule has 0 aliphatic carbocycles. The highest BCUT2D eigenvalue weighted by Crippen LogP contribution is 2.24. The fraction of sp³-hybridized carbons (Fsp3) is 0.438. The number of carbonyl (C=O) groups is 1. The monoisotopic (exact) mass is 274 g/mol. The number of aromatic amines is 1. The van der Waals surface area contributed by atoms with E-state index >= 15 is 0 Å². The van der Waals surface area contributed by atoms with Crippen LogP contribution in [0.4, 0.5) is 0 Å². The van der Waals surface area contributed by atoms with E-state index in [1.165, 1.54) is 10.9 Å². The van der Waals surface area contributed by atoms with Gasteiger partial charge in [0, 0.05) is 29.2 Å². The fourth-order valence-electron chi connectivity index (χ4n) is 2.54. The average Bonchev–Trinajstić information content (AvgIpc) is 2.73. The quantitative estimate of drug-likeness (QED) is 0.850. The zero-order valence-electron chi connectivity index (χ0n) is 12.3. The molecule has 4 nitrogen and oxygen atoms in total. The summed E-state index contributed by atoms with van der Waals surface area (Å²) in [5.41, 5.74) is 3.42. The third-order valence-corrected chi connectivity index (χ3v) is 3.94. The largest absolute Gasteiger partial charge is 0.480 e. The van der Waals surface area contributed by atoms with Crippen LogP contribution in [0.1, 0.15) is 31.5 Å². The lowest BCUT2D eigenvalue weighted by atomic mass is 10.1. The number of benzene rings is 1. The maximum Gasteiger partial charge on any atom is 0.317 e. The van der Waals surface area contributed by atoms with Gasteiger partial charge >= 0.3 is 5.97 Å². The maximum absolute atomic E-state index is 11.1. The molecule has 0 saturated heterocycles. The van der Waals surface area contributed by atoms with Gasteiger partial charge in [-0.1, -0.05) is 25.1 Å².